The number of para-hydroxylation sites is 1. The minimum atomic E-state index is 0. The second-order valence-electron chi connectivity index (χ2n) is 3.62. The van der Waals surface area contributed by atoms with Gasteiger partial charge in [0.15, 0.2) is 0 Å². The smallest absolute Gasteiger partial charge is 0.244 e. The molecule has 0 aliphatic rings. The van der Waals surface area contributed by atoms with Gasteiger partial charge in [-0.3, -0.25) is 0 Å². The first-order valence-corrected chi connectivity index (χ1v) is 6.45. The van der Waals surface area contributed by atoms with Gasteiger partial charge in [-0.2, -0.15) is 4.57 Å². The molecule has 16 heavy (non-hydrogen) atoms. The highest BCUT2D eigenvalue weighted by Gasteiger charge is 2.15. The second-order valence-corrected chi connectivity index (χ2v) is 4.64. The van der Waals surface area contributed by atoms with Gasteiger partial charge in [0.05, 0.1) is 0 Å². The molecule has 0 fully saturated rings. The summed E-state index contributed by atoms with van der Waals surface area (Å²) >= 11 is 2.45. The van der Waals surface area contributed by atoms with Gasteiger partial charge in [-0.15, -0.1) is 0 Å². The van der Waals surface area contributed by atoms with Crippen LogP contribution < -0.4 is 28.5 Å². The van der Waals surface area contributed by atoms with E-state index >= 15 is 0 Å². The number of halogens is 2. The first kappa shape index (κ1) is 14.2. The molecule has 1 aromatic carbocycles. The van der Waals surface area contributed by atoms with Crippen LogP contribution in [-0.4, -0.2) is 0 Å². The lowest BCUT2D eigenvalue weighted by Gasteiger charge is -2.05. The predicted molar refractivity (Wildman–Crippen MR) is 71.9 cm³/mol. The second kappa shape index (κ2) is 6.14. The van der Waals surface area contributed by atoms with E-state index in [4.69, 9.17) is 0 Å². The van der Waals surface area contributed by atoms with Crippen LogP contribution in [0.25, 0.3) is 10.9 Å². The Balaban J connectivity index is 0.00000128. The molecule has 86 valence electrons. The fourth-order valence-corrected chi connectivity index (χ4v) is 3.08. The molecule has 2 rings (SSSR count). The summed E-state index contributed by atoms with van der Waals surface area (Å²) in [5.74, 6) is 0. The first-order chi connectivity index (χ1) is 7.27. The van der Waals surface area contributed by atoms with E-state index in [9.17, 15) is 0 Å². The van der Waals surface area contributed by atoms with Gasteiger partial charge in [-0.25, -0.2) is 0 Å². The Labute approximate surface area is 127 Å². The molecule has 0 radical (unpaired) electrons. The molecule has 0 saturated carbocycles. The zero-order valence-corrected chi connectivity index (χ0v) is 13.8. The van der Waals surface area contributed by atoms with Crippen molar-refractivity contribution in [3.8, 4) is 0 Å². The summed E-state index contributed by atoms with van der Waals surface area (Å²) in [5, 5.41) is 1.34. The van der Waals surface area contributed by atoms with Crippen molar-refractivity contribution in [2.45, 2.75) is 26.8 Å². The number of nitrogens with zero attached hydrogens (tertiary/aromatic N) is 1. The Morgan fingerprint density at radius 3 is 2.50 bits per heavy atom. The molecule has 1 nitrogen and oxygen atoms in total. The molecule has 1 heterocycles. The van der Waals surface area contributed by atoms with E-state index in [1.165, 1.54) is 20.2 Å². The third kappa shape index (κ3) is 2.50. The summed E-state index contributed by atoms with van der Waals surface area (Å²) in [6.45, 7) is 5.45. The van der Waals surface area contributed by atoms with E-state index in [0.29, 0.717) is 0 Å². The van der Waals surface area contributed by atoms with Crippen molar-refractivity contribution in [3.63, 3.8) is 0 Å². The average Bonchev–Trinajstić information content (AvgIpc) is 2.28. The van der Waals surface area contributed by atoms with Crippen LogP contribution in [0.3, 0.4) is 0 Å². The molecule has 0 amide bonds. The van der Waals surface area contributed by atoms with Gasteiger partial charge in [-0.05, 0) is 25.5 Å². The average molecular weight is 439 g/mol. The Hall–Kier alpha value is 0.0900. The molecule has 2 aromatic rings. The van der Waals surface area contributed by atoms with E-state index in [1.807, 2.05) is 0 Å². The number of aromatic nitrogens is 1. The van der Waals surface area contributed by atoms with Crippen LogP contribution in [0.5, 0.6) is 0 Å². The maximum atomic E-state index is 2.45. The first-order valence-electron chi connectivity index (χ1n) is 5.37. The van der Waals surface area contributed by atoms with Crippen molar-refractivity contribution in [3.05, 3.63) is 39.6 Å². The monoisotopic (exact) mass is 439 g/mol. The van der Waals surface area contributed by atoms with E-state index < -0.39 is 0 Å². The lowest BCUT2D eigenvalue weighted by atomic mass is 10.1. The van der Waals surface area contributed by atoms with Crippen LogP contribution in [0.4, 0.5) is 0 Å². The van der Waals surface area contributed by atoms with Crippen molar-refractivity contribution >= 4 is 33.5 Å². The molecule has 0 saturated heterocycles. The minimum Gasteiger partial charge on any atom is -1.00 e. The lowest BCUT2D eigenvalue weighted by molar-refractivity contribution is -0.680. The normalized spacial score (nSPS) is 10.2. The molecular formula is C13H15I2N. The molecular weight excluding hydrogens is 424 g/mol. The summed E-state index contributed by atoms with van der Waals surface area (Å²) in [7, 11) is 0. The Bertz CT molecular complexity index is 495. The SMILES string of the molecule is CCc1cc2ccccc2[n+](CC)c1I.[I-]. The van der Waals surface area contributed by atoms with Crippen LogP contribution in [-0.2, 0) is 13.0 Å². The number of hydrogen-bond donors (Lipinski definition) is 0. The van der Waals surface area contributed by atoms with E-state index in [2.05, 4.69) is 71.3 Å². The van der Waals surface area contributed by atoms with Gasteiger partial charge in [0.2, 0.25) is 9.22 Å². The third-order valence-electron chi connectivity index (χ3n) is 2.76. The highest BCUT2D eigenvalue weighted by molar-refractivity contribution is 14.1. The minimum absolute atomic E-state index is 0. The molecule has 0 spiro atoms. The standard InChI is InChI=1S/C13H15IN.HI/c1-3-10-9-11-7-5-6-8-12(11)15(4-2)13(10)14;/h5-9H,3-4H2,1-2H3;1H/q+1;/p-1. The Morgan fingerprint density at radius 1 is 1.19 bits per heavy atom. The van der Waals surface area contributed by atoms with Gasteiger partial charge in [0, 0.05) is 39.6 Å². The lowest BCUT2D eigenvalue weighted by Crippen LogP contribution is -3.00. The summed E-state index contributed by atoms with van der Waals surface area (Å²) in [5.41, 5.74) is 2.78. The fourth-order valence-electron chi connectivity index (χ4n) is 1.94. The van der Waals surface area contributed by atoms with Crippen molar-refractivity contribution in [1.82, 2.24) is 0 Å². The molecule has 0 unspecified atom stereocenters. The summed E-state index contributed by atoms with van der Waals surface area (Å²) in [6, 6.07) is 10.9. The van der Waals surface area contributed by atoms with Crippen molar-refractivity contribution in [2.75, 3.05) is 0 Å². The van der Waals surface area contributed by atoms with Crippen LogP contribution in [0.1, 0.15) is 19.4 Å². The van der Waals surface area contributed by atoms with Crippen LogP contribution in [0, 0.1) is 3.70 Å². The van der Waals surface area contributed by atoms with Gasteiger partial charge < -0.3 is 24.0 Å². The highest BCUT2D eigenvalue weighted by atomic mass is 127. The van der Waals surface area contributed by atoms with Crippen molar-refractivity contribution in [2.24, 2.45) is 0 Å². The van der Waals surface area contributed by atoms with Crippen LogP contribution >= 0.6 is 22.6 Å². The van der Waals surface area contributed by atoms with Crippen LogP contribution in [0.15, 0.2) is 30.3 Å². The molecule has 0 atom stereocenters. The number of fused-ring (bicyclic) bond motifs is 1. The number of rotatable bonds is 2. The molecule has 0 N–H and O–H groups in total. The summed E-state index contributed by atoms with van der Waals surface area (Å²) in [6.07, 6.45) is 1.10. The van der Waals surface area contributed by atoms with Gasteiger partial charge in [-0.1, -0.05) is 19.1 Å². The van der Waals surface area contributed by atoms with E-state index in [1.54, 1.807) is 0 Å². The van der Waals surface area contributed by atoms with E-state index in [0.717, 1.165) is 13.0 Å². The summed E-state index contributed by atoms with van der Waals surface area (Å²) in [4.78, 5) is 0. The van der Waals surface area contributed by atoms with Gasteiger partial charge in [0.1, 0.15) is 6.54 Å². The number of hydrogen-bond acceptors (Lipinski definition) is 0. The topological polar surface area (TPSA) is 3.88 Å². The molecule has 3 heteroatoms. The third-order valence-corrected chi connectivity index (χ3v) is 4.03. The fraction of sp³-hybridized carbons (Fsp3) is 0.308. The largest absolute Gasteiger partial charge is 1.00 e. The number of benzene rings is 1. The molecule has 1 aromatic heterocycles. The van der Waals surface area contributed by atoms with E-state index in [-0.39, 0.29) is 24.0 Å². The summed E-state index contributed by atoms with van der Waals surface area (Å²) < 4.78 is 3.76. The van der Waals surface area contributed by atoms with Gasteiger partial charge >= 0.3 is 0 Å². The number of pyridine rings is 1. The van der Waals surface area contributed by atoms with Crippen LogP contribution in [0.2, 0.25) is 0 Å². The highest BCUT2D eigenvalue weighted by Crippen LogP contribution is 2.17. The maximum absolute atomic E-state index is 2.45. The van der Waals surface area contributed by atoms with Crippen molar-refractivity contribution < 1.29 is 28.5 Å². The number of aryl methyl sites for hydroxylation is 2. The molecule has 0 aliphatic carbocycles. The molecule has 0 bridgehead atoms. The van der Waals surface area contributed by atoms with Gasteiger partial charge in [0.25, 0.3) is 0 Å². The Morgan fingerprint density at radius 2 is 1.88 bits per heavy atom. The quantitative estimate of drug-likeness (QED) is 0.361. The predicted octanol–water partition coefficient (Wildman–Crippen LogP) is 0.318. The zero-order valence-electron chi connectivity index (χ0n) is 9.50. The maximum Gasteiger partial charge on any atom is 0.244 e. The van der Waals surface area contributed by atoms with Crippen molar-refractivity contribution in [1.29, 1.82) is 0 Å². The molecule has 0 aliphatic heterocycles. The zero-order chi connectivity index (χ0) is 10.8. The Kier molecular flexibility index (Phi) is 5.43.